The van der Waals surface area contributed by atoms with E-state index in [0.717, 1.165) is 29.3 Å². The van der Waals surface area contributed by atoms with Crippen molar-refractivity contribution in [2.75, 3.05) is 19.8 Å². The number of hydrogen-bond acceptors (Lipinski definition) is 5. The molecule has 1 aliphatic rings. The number of β-amino-alcohol motifs (C(OH)–C–C–N with tert-alkyl or cyclic N) is 1. The first-order valence-electron chi connectivity index (χ1n) is 11.8. The minimum atomic E-state index is -0.625. The lowest BCUT2D eigenvalue weighted by molar-refractivity contribution is -0.143. The van der Waals surface area contributed by atoms with Crippen LogP contribution in [0.1, 0.15) is 50.3 Å². The molecule has 2 aromatic carbocycles. The van der Waals surface area contributed by atoms with Crippen LogP contribution < -0.4 is 10.1 Å². The second kappa shape index (κ2) is 13.5. The van der Waals surface area contributed by atoms with Gasteiger partial charge in [0.1, 0.15) is 18.5 Å². The zero-order chi connectivity index (χ0) is 23.8. The smallest absolute Gasteiger partial charge is 0.306 e. The molecule has 0 heterocycles. The highest BCUT2D eigenvalue weighted by Crippen LogP contribution is 2.32. The van der Waals surface area contributed by atoms with Gasteiger partial charge in [0.2, 0.25) is 0 Å². The van der Waals surface area contributed by atoms with Crippen molar-refractivity contribution >= 4 is 34.3 Å². The predicted molar refractivity (Wildman–Crippen MR) is 142 cm³/mol. The maximum atomic E-state index is 11.6. The molecule has 7 heteroatoms. The summed E-state index contributed by atoms with van der Waals surface area (Å²) >= 11 is 3.50. The average Bonchev–Trinajstić information content (AvgIpc) is 3.18. The number of carbonyl (C=O) groups excluding carboxylic acids is 1. The molecular weight excluding hydrogens is 518 g/mol. The summed E-state index contributed by atoms with van der Waals surface area (Å²) in [6.45, 7) is 7.26. The van der Waals surface area contributed by atoms with Crippen molar-refractivity contribution < 1.29 is 19.4 Å². The van der Waals surface area contributed by atoms with Crippen molar-refractivity contribution in [3.05, 3.63) is 63.6 Å². The molecule has 3 rings (SSSR count). The average molecular weight is 555 g/mol. The number of fused-ring (bicyclic) bond motifs is 1. The van der Waals surface area contributed by atoms with Gasteiger partial charge in [-0.1, -0.05) is 30.3 Å². The monoisotopic (exact) mass is 553 g/mol. The Morgan fingerprint density at radius 1 is 1.21 bits per heavy atom. The molecule has 2 aromatic rings. The maximum Gasteiger partial charge on any atom is 0.306 e. The fourth-order valence-corrected chi connectivity index (χ4v) is 4.88. The van der Waals surface area contributed by atoms with Crippen LogP contribution in [0.25, 0.3) is 0 Å². The second-order valence-electron chi connectivity index (χ2n) is 9.55. The third kappa shape index (κ3) is 8.88. The summed E-state index contributed by atoms with van der Waals surface area (Å²) in [6, 6.07) is 14.5. The summed E-state index contributed by atoms with van der Waals surface area (Å²) in [6.07, 6.45) is 3.62. The molecular formula is C27H37BrClNO4. The SMILES string of the molecule is CCOC(=O)CCc1ccc(Br)c(OC[C@H](O)CNC(C)(C)CC2Cc3ccccc3C2)c1.Cl. The van der Waals surface area contributed by atoms with Crippen molar-refractivity contribution in [3.8, 4) is 5.75 Å². The summed E-state index contributed by atoms with van der Waals surface area (Å²) in [5.74, 6) is 1.10. The number of aliphatic hydroxyl groups excluding tert-OH is 1. The quantitative estimate of drug-likeness (QED) is 0.350. The Hall–Kier alpha value is -1.60. The number of rotatable bonds is 12. The lowest BCUT2D eigenvalue weighted by Gasteiger charge is -2.30. The van der Waals surface area contributed by atoms with E-state index in [2.05, 4.69) is 59.4 Å². The number of halogens is 2. The topological polar surface area (TPSA) is 67.8 Å². The van der Waals surface area contributed by atoms with Crippen LogP contribution in [0.15, 0.2) is 46.9 Å². The van der Waals surface area contributed by atoms with E-state index in [1.165, 1.54) is 11.1 Å². The molecule has 0 saturated heterocycles. The molecule has 0 fully saturated rings. The van der Waals surface area contributed by atoms with E-state index in [1.54, 1.807) is 6.92 Å². The summed E-state index contributed by atoms with van der Waals surface area (Å²) in [4.78, 5) is 11.6. The fourth-order valence-electron chi connectivity index (χ4n) is 4.52. The lowest BCUT2D eigenvalue weighted by Crippen LogP contribution is -2.46. The number of esters is 1. The van der Waals surface area contributed by atoms with Crippen LogP contribution in [-0.4, -0.2) is 42.5 Å². The minimum Gasteiger partial charge on any atom is -0.490 e. The Morgan fingerprint density at radius 2 is 1.88 bits per heavy atom. The number of aryl methyl sites for hydroxylation is 1. The number of benzene rings is 2. The highest BCUT2D eigenvalue weighted by atomic mass is 79.9. The molecule has 0 spiro atoms. The molecule has 5 nitrogen and oxygen atoms in total. The molecule has 0 saturated carbocycles. The van der Waals surface area contributed by atoms with Crippen LogP contribution in [0.2, 0.25) is 0 Å². The first kappa shape index (κ1) is 28.6. The van der Waals surface area contributed by atoms with E-state index in [1.807, 2.05) is 18.2 Å². The van der Waals surface area contributed by atoms with Gasteiger partial charge in [0.05, 0.1) is 11.1 Å². The van der Waals surface area contributed by atoms with E-state index < -0.39 is 6.10 Å². The van der Waals surface area contributed by atoms with E-state index in [4.69, 9.17) is 9.47 Å². The van der Waals surface area contributed by atoms with Crippen molar-refractivity contribution in [2.24, 2.45) is 5.92 Å². The largest absolute Gasteiger partial charge is 0.490 e. The molecule has 2 N–H and O–H groups in total. The molecule has 188 valence electrons. The highest BCUT2D eigenvalue weighted by molar-refractivity contribution is 9.10. The number of carbonyl (C=O) groups is 1. The van der Waals surface area contributed by atoms with Crippen LogP contribution in [0.5, 0.6) is 5.75 Å². The number of hydrogen-bond donors (Lipinski definition) is 2. The van der Waals surface area contributed by atoms with Gasteiger partial charge in [-0.25, -0.2) is 0 Å². The summed E-state index contributed by atoms with van der Waals surface area (Å²) in [5, 5.41) is 14.0. The van der Waals surface area contributed by atoms with E-state index in [0.29, 0.717) is 37.7 Å². The zero-order valence-electron chi connectivity index (χ0n) is 20.3. The standard InChI is InChI=1S/C27H36BrNO4.ClH/c1-4-32-26(31)12-10-19-9-11-24(28)25(15-19)33-18-23(30)17-29-27(2,3)16-20-13-21-7-5-6-8-22(21)14-20;/h5-9,11,15,20,23,29-30H,4,10,12-14,16-18H2,1-3H3;1H/t23-;/m1./s1. The van der Waals surface area contributed by atoms with E-state index >= 15 is 0 Å². The highest BCUT2D eigenvalue weighted by Gasteiger charge is 2.28. The number of ether oxygens (including phenoxy) is 2. The molecule has 0 bridgehead atoms. The Balaban J connectivity index is 0.00000408. The van der Waals surface area contributed by atoms with Gasteiger partial charge in [-0.05, 0) is 97.1 Å². The van der Waals surface area contributed by atoms with Crippen LogP contribution in [-0.2, 0) is 28.8 Å². The number of nitrogens with one attached hydrogen (secondary N) is 1. The van der Waals surface area contributed by atoms with Crippen LogP contribution in [0.4, 0.5) is 0 Å². The maximum absolute atomic E-state index is 11.6. The van der Waals surface area contributed by atoms with Crippen molar-refractivity contribution in [1.82, 2.24) is 5.32 Å². The van der Waals surface area contributed by atoms with Gasteiger partial charge < -0.3 is 19.9 Å². The van der Waals surface area contributed by atoms with Gasteiger partial charge in [0.25, 0.3) is 0 Å². The Kier molecular flexibility index (Phi) is 11.4. The summed E-state index contributed by atoms with van der Waals surface area (Å²) in [7, 11) is 0. The van der Waals surface area contributed by atoms with E-state index in [9.17, 15) is 9.90 Å². The van der Waals surface area contributed by atoms with Crippen LogP contribution in [0, 0.1) is 5.92 Å². The van der Waals surface area contributed by atoms with Gasteiger partial charge in [-0.3, -0.25) is 4.79 Å². The Bertz CT molecular complexity index is 912. The third-order valence-electron chi connectivity index (χ3n) is 6.10. The first-order chi connectivity index (χ1) is 15.8. The molecule has 1 aliphatic carbocycles. The molecule has 0 amide bonds. The predicted octanol–water partition coefficient (Wildman–Crippen LogP) is 5.28. The van der Waals surface area contributed by atoms with Crippen molar-refractivity contribution in [3.63, 3.8) is 0 Å². The van der Waals surface area contributed by atoms with Crippen LogP contribution >= 0.6 is 28.3 Å². The molecule has 0 aliphatic heterocycles. The lowest BCUT2D eigenvalue weighted by atomic mass is 9.88. The number of aliphatic hydroxyl groups is 1. The van der Waals surface area contributed by atoms with Gasteiger partial charge in [-0.2, -0.15) is 0 Å². The molecule has 0 aromatic heterocycles. The van der Waals surface area contributed by atoms with Crippen LogP contribution in [0.3, 0.4) is 0 Å². The zero-order valence-corrected chi connectivity index (χ0v) is 22.7. The second-order valence-corrected chi connectivity index (χ2v) is 10.4. The van der Waals surface area contributed by atoms with Gasteiger partial charge in [0, 0.05) is 18.5 Å². The van der Waals surface area contributed by atoms with Crippen molar-refractivity contribution in [2.45, 2.75) is 64.5 Å². The van der Waals surface area contributed by atoms with E-state index in [-0.39, 0.29) is 30.5 Å². The summed E-state index contributed by atoms with van der Waals surface area (Å²) in [5.41, 5.74) is 3.87. The molecule has 0 radical (unpaired) electrons. The van der Waals surface area contributed by atoms with Gasteiger partial charge in [0.15, 0.2) is 0 Å². The molecule has 34 heavy (non-hydrogen) atoms. The van der Waals surface area contributed by atoms with Gasteiger partial charge in [-0.15, -0.1) is 12.4 Å². The minimum absolute atomic E-state index is 0. The first-order valence-corrected chi connectivity index (χ1v) is 12.6. The fraction of sp³-hybridized carbons (Fsp3) is 0.519. The molecule has 0 unspecified atom stereocenters. The summed E-state index contributed by atoms with van der Waals surface area (Å²) < 4.78 is 11.7. The Morgan fingerprint density at radius 3 is 2.53 bits per heavy atom. The third-order valence-corrected chi connectivity index (χ3v) is 6.76. The van der Waals surface area contributed by atoms with Crippen molar-refractivity contribution in [1.29, 1.82) is 0 Å². The normalized spacial score (nSPS) is 14.3. The van der Waals surface area contributed by atoms with Gasteiger partial charge >= 0.3 is 5.97 Å². The Labute approximate surface area is 218 Å². The molecule has 1 atom stereocenters.